The van der Waals surface area contributed by atoms with Gasteiger partial charge in [0.2, 0.25) is 0 Å². The highest BCUT2D eigenvalue weighted by molar-refractivity contribution is 6.42. The Hall–Kier alpha value is 0.0500. The number of nitrogens with zero attached hydrogens (tertiary/aromatic N) is 1. The topological polar surface area (TPSA) is 3.24 Å². The lowest BCUT2D eigenvalue weighted by atomic mass is 9.99. The first-order valence-electron chi connectivity index (χ1n) is 6.44. The molecule has 0 spiro atoms. The summed E-state index contributed by atoms with van der Waals surface area (Å²) in [6.45, 7) is 2.10. The van der Waals surface area contributed by atoms with Crippen LogP contribution in [0, 0.1) is 0 Å². The molecule has 0 aliphatic carbocycles. The molecule has 0 bridgehead atoms. The zero-order valence-corrected chi connectivity index (χ0v) is 12.6. The lowest BCUT2D eigenvalue weighted by Crippen LogP contribution is -2.39. The Labute approximate surface area is 124 Å². The fourth-order valence-electron chi connectivity index (χ4n) is 2.59. The fourth-order valence-corrected chi connectivity index (χ4v) is 3.17. The van der Waals surface area contributed by atoms with Crippen molar-refractivity contribution in [2.45, 2.75) is 38.3 Å². The number of piperidine rings is 1. The van der Waals surface area contributed by atoms with Gasteiger partial charge in [0.05, 0.1) is 10.0 Å². The normalized spacial score (nSPS) is 21.2. The Morgan fingerprint density at radius 1 is 1.17 bits per heavy atom. The van der Waals surface area contributed by atoms with Crippen LogP contribution in [0.4, 0.5) is 0 Å². The molecule has 18 heavy (non-hydrogen) atoms. The Balaban J connectivity index is 2.03. The van der Waals surface area contributed by atoms with Crippen LogP contribution in [0.15, 0.2) is 18.2 Å². The molecule has 0 saturated carbocycles. The molecule has 2 rings (SSSR count). The van der Waals surface area contributed by atoms with E-state index in [1.54, 1.807) is 0 Å². The van der Waals surface area contributed by atoms with Gasteiger partial charge in [-0.05, 0) is 43.5 Å². The van der Waals surface area contributed by atoms with E-state index in [9.17, 15) is 0 Å². The van der Waals surface area contributed by atoms with E-state index in [0.717, 1.165) is 25.4 Å². The molecule has 1 heterocycles. The van der Waals surface area contributed by atoms with E-state index < -0.39 is 0 Å². The van der Waals surface area contributed by atoms with Gasteiger partial charge in [-0.2, -0.15) is 0 Å². The first-order chi connectivity index (χ1) is 8.70. The predicted octanol–water partition coefficient (Wildman–Crippen LogP) is 4.98. The average Bonchev–Trinajstić information content (AvgIpc) is 2.37. The zero-order valence-electron chi connectivity index (χ0n) is 10.3. The van der Waals surface area contributed by atoms with Gasteiger partial charge in [-0.1, -0.05) is 35.7 Å². The van der Waals surface area contributed by atoms with E-state index in [0.29, 0.717) is 16.1 Å². The minimum atomic E-state index is 0.616. The first-order valence-corrected chi connectivity index (χ1v) is 7.73. The summed E-state index contributed by atoms with van der Waals surface area (Å²) < 4.78 is 0. The Morgan fingerprint density at radius 2 is 2.00 bits per heavy atom. The molecule has 0 N–H and O–H groups in total. The van der Waals surface area contributed by atoms with Crippen LogP contribution in [0.25, 0.3) is 0 Å². The van der Waals surface area contributed by atoms with Crippen molar-refractivity contribution in [3.8, 4) is 0 Å². The third-order valence-electron chi connectivity index (χ3n) is 3.56. The van der Waals surface area contributed by atoms with Gasteiger partial charge in [-0.25, -0.2) is 0 Å². The lowest BCUT2D eigenvalue weighted by Gasteiger charge is -2.35. The monoisotopic (exact) mass is 305 g/mol. The van der Waals surface area contributed by atoms with Crippen LogP contribution in [0.3, 0.4) is 0 Å². The van der Waals surface area contributed by atoms with E-state index in [2.05, 4.69) is 11.0 Å². The van der Waals surface area contributed by atoms with Crippen molar-refractivity contribution in [3.05, 3.63) is 33.8 Å². The predicted molar refractivity (Wildman–Crippen MR) is 79.8 cm³/mol. The first kappa shape index (κ1) is 14.5. The molecule has 1 aromatic rings. The molecule has 0 radical (unpaired) electrons. The third kappa shape index (κ3) is 3.77. The number of rotatable bonds is 4. The largest absolute Gasteiger partial charge is 0.296 e. The summed E-state index contributed by atoms with van der Waals surface area (Å²) in [4.78, 5) is 2.52. The molecular weight excluding hydrogens is 289 g/mol. The van der Waals surface area contributed by atoms with Crippen molar-refractivity contribution in [1.29, 1.82) is 0 Å². The summed E-state index contributed by atoms with van der Waals surface area (Å²) in [6.07, 6.45) is 4.93. The van der Waals surface area contributed by atoms with Crippen molar-refractivity contribution < 1.29 is 0 Å². The molecule has 100 valence electrons. The zero-order chi connectivity index (χ0) is 13.0. The van der Waals surface area contributed by atoms with Gasteiger partial charge in [-0.15, -0.1) is 11.6 Å². The van der Waals surface area contributed by atoms with Gasteiger partial charge >= 0.3 is 0 Å². The number of alkyl halides is 1. The maximum Gasteiger partial charge on any atom is 0.0595 e. The van der Waals surface area contributed by atoms with Crippen molar-refractivity contribution in [3.63, 3.8) is 0 Å². The highest BCUT2D eigenvalue weighted by Gasteiger charge is 2.21. The van der Waals surface area contributed by atoms with Crippen LogP contribution in [0.2, 0.25) is 10.0 Å². The molecule has 1 aromatic carbocycles. The molecule has 0 aromatic heterocycles. The molecule has 1 aliphatic heterocycles. The summed E-state index contributed by atoms with van der Waals surface area (Å²) in [6, 6.07) is 6.52. The fraction of sp³-hybridized carbons (Fsp3) is 0.571. The van der Waals surface area contributed by atoms with Crippen molar-refractivity contribution in [2.75, 3.05) is 12.4 Å². The standard InChI is InChI=1S/C14H18Cl3N/c15-7-6-12-3-1-2-8-18(12)10-11-4-5-13(16)14(17)9-11/h4-5,9,12H,1-3,6-8,10H2. The van der Waals surface area contributed by atoms with Crippen LogP contribution < -0.4 is 0 Å². The minimum absolute atomic E-state index is 0.616. The number of benzene rings is 1. The summed E-state index contributed by atoms with van der Waals surface area (Å²) >= 11 is 17.9. The molecule has 4 heteroatoms. The molecule has 1 unspecified atom stereocenters. The molecule has 1 atom stereocenters. The van der Waals surface area contributed by atoms with Crippen molar-refractivity contribution in [1.82, 2.24) is 4.90 Å². The van der Waals surface area contributed by atoms with Crippen molar-refractivity contribution >= 4 is 34.8 Å². The molecule has 0 amide bonds. The second-order valence-corrected chi connectivity index (χ2v) is 6.04. The van der Waals surface area contributed by atoms with E-state index in [-0.39, 0.29) is 0 Å². The quantitative estimate of drug-likeness (QED) is 0.709. The van der Waals surface area contributed by atoms with Gasteiger partial charge in [0.1, 0.15) is 0 Å². The number of halogens is 3. The maximum absolute atomic E-state index is 6.06. The van der Waals surface area contributed by atoms with Gasteiger partial charge < -0.3 is 0 Å². The minimum Gasteiger partial charge on any atom is -0.296 e. The second kappa shape index (κ2) is 7.00. The summed E-state index contributed by atoms with van der Waals surface area (Å²) in [5, 5.41) is 1.26. The summed E-state index contributed by atoms with van der Waals surface area (Å²) in [7, 11) is 0. The SMILES string of the molecule is ClCCC1CCCCN1Cc1ccc(Cl)c(Cl)c1. The highest BCUT2D eigenvalue weighted by Crippen LogP contribution is 2.26. The van der Waals surface area contributed by atoms with Gasteiger partial charge in [-0.3, -0.25) is 4.90 Å². The summed E-state index contributed by atoms with van der Waals surface area (Å²) in [5.74, 6) is 0.739. The smallest absolute Gasteiger partial charge is 0.0595 e. The molecular formula is C14H18Cl3N. The number of likely N-dealkylation sites (tertiary alicyclic amines) is 1. The Bertz CT molecular complexity index is 393. The third-order valence-corrected chi connectivity index (χ3v) is 4.52. The highest BCUT2D eigenvalue weighted by atomic mass is 35.5. The lowest BCUT2D eigenvalue weighted by molar-refractivity contribution is 0.137. The average molecular weight is 307 g/mol. The molecule has 1 fully saturated rings. The molecule has 1 aliphatic rings. The maximum atomic E-state index is 6.06. The van der Waals surface area contributed by atoms with E-state index >= 15 is 0 Å². The Kier molecular flexibility index (Phi) is 5.62. The van der Waals surface area contributed by atoms with Crippen molar-refractivity contribution in [2.24, 2.45) is 0 Å². The van der Waals surface area contributed by atoms with E-state index in [4.69, 9.17) is 34.8 Å². The molecule has 1 saturated heterocycles. The van der Waals surface area contributed by atoms with E-state index in [1.165, 1.54) is 24.8 Å². The van der Waals surface area contributed by atoms with Crippen LogP contribution in [0.5, 0.6) is 0 Å². The number of hydrogen-bond acceptors (Lipinski definition) is 1. The second-order valence-electron chi connectivity index (χ2n) is 4.85. The van der Waals surface area contributed by atoms with Crippen LogP contribution >= 0.6 is 34.8 Å². The van der Waals surface area contributed by atoms with E-state index in [1.807, 2.05) is 12.1 Å². The van der Waals surface area contributed by atoms with Crippen LogP contribution in [0.1, 0.15) is 31.2 Å². The number of hydrogen-bond donors (Lipinski definition) is 0. The van der Waals surface area contributed by atoms with Gasteiger partial charge in [0.15, 0.2) is 0 Å². The Morgan fingerprint density at radius 3 is 2.72 bits per heavy atom. The van der Waals surface area contributed by atoms with Crippen LogP contribution in [-0.4, -0.2) is 23.4 Å². The van der Waals surface area contributed by atoms with Crippen LogP contribution in [-0.2, 0) is 6.54 Å². The summed E-state index contributed by atoms with van der Waals surface area (Å²) in [5.41, 5.74) is 1.23. The van der Waals surface area contributed by atoms with Gasteiger partial charge in [0.25, 0.3) is 0 Å². The van der Waals surface area contributed by atoms with Gasteiger partial charge in [0, 0.05) is 18.5 Å². The molecule has 1 nitrogen and oxygen atoms in total.